The second-order valence-corrected chi connectivity index (χ2v) is 10.0. The highest BCUT2D eigenvalue weighted by Gasteiger charge is 2.30. The molecule has 214 valence electrons. The Kier molecular flexibility index (Phi) is 8.00. The predicted molar refractivity (Wildman–Crippen MR) is 151 cm³/mol. The van der Waals surface area contributed by atoms with Crippen LogP contribution in [0.1, 0.15) is 39.2 Å². The number of hydrogen-bond acceptors (Lipinski definition) is 5. The molecule has 0 fully saturated rings. The minimum Gasteiger partial charge on any atom is -0.398 e. The van der Waals surface area contributed by atoms with Crippen molar-refractivity contribution in [3.63, 3.8) is 0 Å². The number of aryl methyl sites for hydroxylation is 1. The van der Waals surface area contributed by atoms with Crippen LogP contribution in [0.4, 0.5) is 23.2 Å². The molecule has 6 nitrogen and oxygen atoms in total. The van der Waals surface area contributed by atoms with Crippen molar-refractivity contribution < 1.29 is 26.9 Å². The lowest BCUT2D eigenvalue weighted by Gasteiger charge is -2.17. The fraction of sp³-hybridized carbons (Fsp3) is 0.129. The second-order valence-electron chi connectivity index (χ2n) is 9.61. The number of aromatic nitrogens is 2. The van der Waals surface area contributed by atoms with Crippen molar-refractivity contribution in [2.24, 2.45) is 0 Å². The number of anilines is 1. The van der Waals surface area contributed by atoms with E-state index < -0.39 is 29.5 Å². The van der Waals surface area contributed by atoms with Gasteiger partial charge in [0.1, 0.15) is 11.9 Å². The molecule has 0 aliphatic carbocycles. The predicted octanol–water partition coefficient (Wildman–Crippen LogP) is 7.82. The summed E-state index contributed by atoms with van der Waals surface area (Å²) in [5, 5.41) is 6.76. The Bertz CT molecular complexity index is 1740. The Balaban J connectivity index is 1.38. The quantitative estimate of drug-likeness (QED) is 0.148. The fourth-order valence-electron chi connectivity index (χ4n) is 4.42. The minimum absolute atomic E-state index is 0.0211. The number of nitrogens with zero attached hydrogens (tertiary/aromatic N) is 2. The van der Waals surface area contributed by atoms with Gasteiger partial charge >= 0.3 is 6.18 Å². The molecule has 11 heteroatoms. The van der Waals surface area contributed by atoms with Crippen LogP contribution in [-0.2, 0) is 12.6 Å². The van der Waals surface area contributed by atoms with Gasteiger partial charge in [-0.15, -0.1) is 0 Å². The maximum absolute atomic E-state index is 13.6. The van der Waals surface area contributed by atoms with E-state index in [0.717, 1.165) is 28.8 Å². The van der Waals surface area contributed by atoms with E-state index in [9.17, 15) is 22.4 Å². The summed E-state index contributed by atoms with van der Waals surface area (Å²) >= 11 is 5.92. The summed E-state index contributed by atoms with van der Waals surface area (Å²) < 4.78 is 57.9. The van der Waals surface area contributed by atoms with E-state index in [2.05, 4.69) is 15.5 Å². The summed E-state index contributed by atoms with van der Waals surface area (Å²) in [5.41, 5.74) is 9.08. The molecule has 0 unspecified atom stereocenters. The van der Waals surface area contributed by atoms with Gasteiger partial charge in [0.15, 0.2) is 5.82 Å². The third kappa shape index (κ3) is 6.44. The molecule has 42 heavy (non-hydrogen) atoms. The molecule has 1 atom stereocenters. The van der Waals surface area contributed by atoms with E-state index in [1.165, 1.54) is 30.3 Å². The number of carbonyl (C=O) groups excluding carboxylic acids is 1. The topological polar surface area (TPSA) is 94.0 Å². The van der Waals surface area contributed by atoms with Gasteiger partial charge < -0.3 is 15.6 Å². The molecule has 0 radical (unpaired) electrons. The van der Waals surface area contributed by atoms with Gasteiger partial charge in [0.05, 0.1) is 16.1 Å². The Morgan fingerprint density at radius 3 is 2.12 bits per heavy atom. The van der Waals surface area contributed by atoms with Crippen LogP contribution in [0.3, 0.4) is 0 Å². The van der Waals surface area contributed by atoms with Gasteiger partial charge in [0.25, 0.3) is 5.91 Å². The standard InChI is InChI=1S/C31H23ClF4N4O2/c1-17-38-30(42-40-17)28(14-18-2-4-19(5-3-18)22-8-12-26(33)25(32)16-22)39-29(41)24-15-21(9-13-27(24)37)20-6-10-23(11-7-20)31(34,35)36/h2-13,15-16,28H,14,37H2,1H3,(H,39,41)/t28-/m1/s1. The third-order valence-corrected chi connectivity index (χ3v) is 6.93. The molecule has 0 saturated heterocycles. The Morgan fingerprint density at radius 2 is 1.52 bits per heavy atom. The van der Waals surface area contributed by atoms with Crippen molar-refractivity contribution in [3.05, 3.63) is 124 Å². The van der Waals surface area contributed by atoms with Gasteiger partial charge in [-0.05, 0) is 71.1 Å². The molecule has 0 bridgehead atoms. The summed E-state index contributed by atoms with van der Waals surface area (Å²) in [6, 6.07) is 20.5. The van der Waals surface area contributed by atoms with Gasteiger partial charge in [-0.2, -0.15) is 18.2 Å². The number of benzene rings is 4. The van der Waals surface area contributed by atoms with E-state index >= 15 is 0 Å². The van der Waals surface area contributed by atoms with E-state index in [-0.39, 0.29) is 28.6 Å². The van der Waals surface area contributed by atoms with Crippen molar-refractivity contribution in [2.75, 3.05) is 5.73 Å². The molecule has 0 aliphatic heterocycles. The zero-order chi connectivity index (χ0) is 30.0. The number of nitrogens with two attached hydrogens (primary N) is 1. The second kappa shape index (κ2) is 11.7. The number of nitrogens with one attached hydrogen (secondary N) is 1. The van der Waals surface area contributed by atoms with E-state index in [1.807, 2.05) is 24.3 Å². The first-order chi connectivity index (χ1) is 20.0. The van der Waals surface area contributed by atoms with Crippen molar-refractivity contribution >= 4 is 23.2 Å². The highest BCUT2D eigenvalue weighted by molar-refractivity contribution is 6.31. The fourth-order valence-corrected chi connectivity index (χ4v) is 4.60. The van der Waals surface area contributed by atoms with Crippen LogP contribution in [0.15, 0.2) is 89.5 Å². The molecule has 0 aliphatic rings. The summed E-state index contributed by atoms with van der Waals surface area (Å²) in [4.78, 5) is 17.7. The smallest absolute Gasteiger partial charge is 0.398 e. The minimum atomic E-state index is -4.46. The highest BCUT2D eigenvalue weighted by Crippen LogP contribution is 2.32. The number of halogens is 5. The van der Waals surface area contributed by atoms with E-state index in [1.54, 1.807) is 25.1 Å². The SMILES string of the molecule is Cc1noc([C@@H](Cc2ccc(-c3ccc(F)c(Cl)c3)cc2)NC(=O)c2cc(-c3ccc(C(F)(F)F)cc3)ccc2N)n1. The number of rotatable bonds is 7. The van der Waals surface area contributed by atoms with Gasteiger partial charge in [0.2, 0.25) is 5.89 Å². The van der Waals surface area contributed by atoms with Crippen molar-refractivity contribution in [1.29, 1.82) is 0 Å². The lowest BCUT2D eigenvalue weighted by molar-refractivity contribution is -0.137. The van der Waals surface area contributed by atoms with Crippen LogP contribution in [0.2, 0.25) is 5.02 Å². The molecule has 1 amide bonds. The lowest BCUT2D eigenvalue weighted by Crippen LogP contribution is -2.31. The number of carbonyl (C=O) groups is 1. The molecule has 0 saturated carbocycles. The molecule has 3 N–H and O–H groups in total. The lowest BCUT2D eigenvalue weighted by atomic mass is 9.99. The van der Waals surface area contributed by atoms with E-state index in [4.69, 9.17) is 21.9 Å². The summed E-state index contributed by atoms with van der Waals surface area (Å²) in [6.45, 7) is 1.65. The van der Waals surface area contributed by atoms with Gasteiger partial charge in [0, 0.05) is 12.1 Å². The normalized spacial score (nSPS) is 12.2. The average Bonchev–Trinajstić information content (AvgIpc) is 3.40. The van der Waals surface area contributed by atoms with E-state index in [0.29, 0.717) is 17.0 Å². The largest absolute Gasteiger partial charge is 0.416 e. The number of alkyl halides is 3. The molecule has 1 aromatic heterocycles. The van der Waals surface area contributed by atoms with Gasteiger partial charge in [-0.25, -0.2) is 4.39 Å². The highest BCUT2D eigenvalue weighted by atomic mass is 35.5. The van der Waals surface area contributed by atoms with Gasteiger partial charge in [-0.3, -0.25) is 4.79 Å². The van der Waals surface area contributed by atoms with Crippen LogP contribution in [0.5, 0.6) is 0 Å². The van der Waals surface area contributed by atoms with Crippen LogP contribution in [-0.4, -0.2) is 16.0 Å². The summed E-state index contributed by atoms with van der Waals surface area (Å²) in [5.74, 6) is -0.458. The summed E-state index contributed by atoms with van der Waals surface area (Å²) in [7, 11) is 0. The first-order valence-corrected chi connectivity index (χ1v) is 13.1. The Morgan fingerprint density at radius 1 is 0.929 bits per heavy atom. The zero-order valence-corrected chi connectivity index (χ0v) is 22.8. The Labute approximate surface area is 243 Å². The van der Waals surface area contributed by atoms with Crippen LogP contribution >= 0.6 is 11.6 Å². The average molecular weight is 595 g/mol. The monoisotopic (exact) mass is 594 g/mol. The van der Waals surface area contributed by atoms with Gasteiger partial charge in [-0.1, -0.05) is 65.3 Å². The zero-order valence-electron chi connectivity index (χ0n) is 22.0. The maximum Gasteiger partial charge on any atom is 0.416 e. The number of hydrogen-bond donors (Lipinski definition) is 2. The van der Waals surface area contributed by atoms with Crippen molar-refractivity contribution in [1.82, 2.24) is 15.5 Å². The van der Waals surface area contributed by atoms with Crippen LogP contribution in [0.25, 0.3) is 22.3 Å². The van der Waals surface area contributed by atoms with Crippen molar-refractivity contribution in [3.8, 4) is 22.3 Å². The third-order valence-electron chi connectivity index (χ3n) is 6.64. The van der Waals surface area contributed by atoms with Crippen molar-refractivity contribution in [2.45, 2.75) is 25.6 Å². The van der Waals surface area contributed by atoms with Crippen LogP contribution < -0.4 is 11.1 Å². The summed E-state index contributed by atoms with van der Waals surface area (Å²) in [6.07, 6.45) is -4.17. The molecule has 4 aromatic carbocycles. The first kappa shape index (κ1) is 28.8. The molecular weight excluding hydrogens is 572 g/mol. The molecule has 5 aromatic rings. The number of amides is 1. The van der Waals surface area contributed by atoms with Crippen LogP contribution in [0, 0.1) is 12.7 Å². The Hall–Kier alpha value is -4.70. The molecule has 0 spiro atoms. The molecular formula is C31H23ClF4N4O2. The molecule has 1 heterocycles. The molecule has 5 rings (SSSR count). The first-order valence-electron chi connectivity index (χ1n) is 12.7. The maximum atomic E-state index is 13.6. The number of nitrogen functional groups attached to an aromatic ring is 1.